The summed E-state index contributed by atoms with van der Waals surface area (Å²) in [6, 6.07) is 7.84. The molecule has 0 radical (unpaired) electrons. The lowest BCUT2D eigenvalue weighted by Gasteiger charge is -2.19. The third-order valence-electron chi connectivity index (χ3n) is 3.39. The summed E-state index contributed by atoms with van der Waals surface area (Å²) in [7, 11) is 1.53. The van der Waals surface area contributed by atoms with Gasteiger partial charge in [0.1, 0.15) is 17.1 Å². The summed E-state index contributed by atoms with van der Waals surface area (Å²) in [5.41, 5.74) is -1.48. The van der Waals surface area contributed by atoms with E-state index in [1.807, 2.05) is 0 Å². The summed E-state index contributed by atoms with van der Waals surface area (Å²) in [6.07, 6.45) is 0. The Bertz CT molecular complexity index is 886. The number of carbonyl (C=O) groups excluding carboxylic acids is 2. The van der Waals surface area contributed by atoms with E-state index in [4.69, 9.17) is 18.6 Å². The van der Waals surface area contributed by atoms with E-state index in [0.717, 1.165) is 6.07 Å². The first kappa shape index (κ1) is 20.2. The molecular weight excluding hydrogens is 352 g/mol. The fourth-order valence-electron chi connectivity index (χ4n) is 2.25. The topological polar surface area (TPSA) is 92.0 Å². The summed E-state index contributed by atoms with van der Waals surface area (Å²) in [5, 5.41) is 0. The average molecular weight is 374 g/mol. The summed E-state index contributed by atoms with van der Waals surface area (Å²) in [4.78, 5) is 37.3. The highest BCUT2D eigenvalue weighted by molar-refractivity contribution is 6.01. The standard InChI is InChI=1S/C20H22O7/c1-6-25-19(23)17-16(18(22)27-20(2,3)4)14(21)11-15(26-17)12-7-9-13(24-5)10-8-12/h7-11H,6H2,1-5H3. The van der Waals surface area contributed by atoms with Gasteiger partial charge in [-0.25, -0.2) is 9.59 Å². The summed E-state index contributed by atoms with van der Waals surface area (Å²) >= 11 is 0. The maximum absolute atomic E-state index is 12.6. The zero-order chi connectivity index (χ0) is 20.2. The Morgan fingerprint density at radius 3 is 2.22 bits per heavy atom. The van der Waals surface area contributed by atoms with Crippen LogP contribution in [0.5, 0.6) is 5.75 Å². The van der Waals surface area contributed by atoms with Gasteiger partial charge in [-0.05, 0) is 52.0 Å². The lowest BCUT2D eigenvalue weighted by molar-refractivity contribution is 0.00578. The molecule has 27 heavy (non-hydrogen) atoms. The van der Waals surface area contributed by atoms with E-state index in [-0.39, 0.29) is 12.4 Å². The zero-order valence-electron chi connectivity index (χ0n) is 16.0. The molecule has 0 aliphatic rings. The number of esters is 2. The Morgan fingerprint density at radius 2 is 1.70 bits per heavy atom. The SMILES string of the molecule is CCOC(=O)c1oc(-c2ccc(OC)cc2)cc(=O)c1C(=O)OC(C)(C)C. The molecule has 0 aliphatic carbocycles. The second kappa shape index (κ2) is 8.07. The van der Waals surface area contributed by atoms with E-state index >= 15 is 0 Å². The van der Waals surface area contributed by atoms with Gasteiger partial charge in [0.15, 0.2) is 5.56 Å². The van der Waals surface area contributed by atoms with Crippen LogP contribution in [-0.2, 0) is 9.47 Å². The number of carbonyl (C=O) groups is 2. The van der Waals surface area contributed by atoms with Gasteiger partial charge in [0.05, 0.1) is 13.7 Å². The summed E-state index contributed by atoms with van der Waals surface area (Å²) < 4.78 is 20.8. The fourth-order valence-corrected chi connectivity index (χ4v) is 2.25. The lowest BCUT2D eigenvalue weighted by Crippen LogP contribution is -2.29. The summed E-state index contributed by atoms with van der Waals surface area (Å²) in [6.45, 7) is 6.63. The Balaban J connectivity index is 2.59. The van der Waals surface area contributed by atoms with Crippen LogP contribution in [0.2, 0.25) is 0 Å². The quantitative estimate of drug-likeness (QED) is 0.740. The van der Waals surface area contributed by atoms with Crippen LogP contribution >= 0.6 is 0 Å². The van der Waals surface area contributed by atoms with E-state index in [1.54, 1.807) is 52.0 Å². The van der Waals surface area contributed by atoms with Crippen LogP contribution in [0.25, 0.3) is 11.3 Å². The molecule has 1 aromatic heterocycles. The van der Waals surface area contributed by atoms with Crippen molar-refractivity contribution in [2.45, 2.75) is 33.3 Å². The van der Waals surface area contributed by atoms with Gasteiger partial charge in [0.2, 0.25) is 11.2 Å². The Hall–Kier alpha value is -3.09. The molecule has 0 atom stereocenters. The minimum atomic E-state index is -0.944. The van der Waals surface area contributed by atoms with Crippen molar-refractivity contribution in [3.05, 3.63) is 51.9 Å². The monoisotopic (exact) mass is 374 g/mol. The van der Waals surface area contributed by atoms with Crippen LogP contribution in [0.4, 0.5) is 0 Å². The van der Waals surface area contributed by atoms with Crippen LogP contribution in [0.15, 0.2) is 39.5 Å². The molecular formula is C20H22O7. The number of rotatable bonds is 5. The second-order valence-corrected chi connectivity index (χ2v) is 6.63. The largest absolute Gasteiger partial charge is 0.497 e. The third-order valence-corrected chi connectivity index (χ3v) is 3.39. The van der Waals surface area contributed by atoms with Crippen LogP contribution in [-0.4, -0.2) is 31.3 Å². The van der Waals surface area contributed by atoms with Crippen molar-refractivity contribution in [1.82, 2.24) is 0 Å². The summed E-state index contributed by atoms with van der Waals surface area (Å²) in [5.74, 6) is -1.59. The molecule has 0 spiro atoms. The molecule has 1 heterocycles. The highest BCUT2D eigenvalue weighted by atomic mass is 16.6. The molecule has 0 unspecified atom stereocenters. The first-order valence-corrected chi connectivity index (χ1v) is 8.39. The fraction of sp³-hybridized carbons (Fsp3) is 0.350. The van der Waals surface area contributed by atoms with Gasteiger partial charge < -0.3 is 18.6 Å². The maximum Gasteiger partial charge on any atom is 0.375 e. The minimum Gasteiger partial charge on any atom is -0.497 e. The molecule has 144 valence electrons. The number of hydrogen-bond donors (Lipinski definition) is 0. The van der Waals surface area contributed by atoms with Crippen molar-refractivity contribution in [1.29, 1.82) is 0 Å². The average Bonchev–Trinajstić information content (AvgIpc) is 2.59. The first-order valence-electron chi connectivity index (χ1n) is 8.39. The normalized spacial score (nSPS) is 11.0. The van der Waals surface area contributed by atoms with Gasteiger partial charge in [-0.15, -0.1) is 0 Å². The molecule has 0 bridgehead atoms. The van der Waals surface area contributed by atoms with Crippen molar-refractivity contribution in [2.75, 3.05) is 13.7 Å². The first-order chi connectivity index (χ1) is 12.7. The van der Waals surface area contributed by atoms with Gasteiger partial charge in [0, 0.05) is 11.6 Å². The molecule has 7 nitrogen and oxygen atoms in total. The second-order valence-electron chi connectivity index (χ2n) is 6.63. The van der Waals surface area contributed by atoms with Crippen molar-refractivity contribution in [2.24, 2.45) is 0 Å². The van der Waals surface area contributed by atoms with Crippen molar-refractivity contribution < 1.29 is 28.2 Å². The van der Waals surface area contributed by atoms with Crippen molar-refractivity contribution in [3.8, 4) is 17.1 Å². The van der Waals surface area contributed by atoms with E-state index in [9.17, 15) is 14.4 Å². The Kier molecular flexibility index (Phi) is 6.05. The van der Waals surface area contributed by atoms with Crippen LogP contribution in [0.3, 0.4) is 0 Å². The maximum atomic E-state index is 12.6. The van der Waals surface area contributed by atoms with Gasteiger partial charge in [0.25, 0.3) is 0 Å². The molecule has 0 saturated heterocycles. The van der Waals surface area contributed by atoms with E-state index in [0.29, 0.717) is 11.3 Å². The van der Waals surface area contributed by atoms with Gasteiger partial charge in [-0.2, -0.15) is 0 Å². The highest BCUT2D eigenvalue weighted by Gasteiger charge is 2.29. The molecule has 0 N–H and O–H groups in total. The molecule has 2 rings (SSSR count). The predicted molar refractivity (Wildman–Crippen MR) is 98.1 cm³/mol. The molecule has 0 aliphatic heterocycles. The van der Waals surface area contributed by atoms with Gasteiger partial charge in [-0.1, -0.05) is 0 Å². The van der Waals surface area contributed by atoms with Crippen LogP contribution in [0, 0.1) is 0 Å². The number of hydrogen-bond acceptors (Lipinski definition) is 7. The molecule has 0 fully saturated rings. The number of ether oxygens (including phenoxy) is 3. The van der Waals surface area contributed by atoms with Crippen molar-refractivity contribution >= 4 is 11.9 Å². The van der Waals surface area contributed by atoms with E-state index in [2.05, 4.69) is 0 Å². The number of methoxy groups -OCH3 is 1. The van der Waals surface area contributed by atoms with Crippen LogP contribution in [0.1, 0.15) is 48.6 Å². The van der Waals surface area contributed by atoms with Crippen LogP contribution < -0.4 is 10.2 Å². The molecule has 0 amide bonds. The Labute approximate surface area is 156 Å². The number of benzene rings is 1. The van der Waals surface area contributed by atoms with E-state index in [1.165, 1.54) is 7.11 Å². The molecule has 7 heteroatoms. The molecule has 1 aromatic carbocycles. The Morgan fingerprint density at radius 1 is 1.07 bits per heavy atom. The minimum absolute atomic E-state index is 0.0586. The molecule has 2 aromatic rings. The third kappa shape index (κ3) is 4.97. The predicted octanol–water partition coefficient (Wildman–Crippen LogP) is 3.45. The zero-order valence-corrected chi connectivity index (χ0v) is 16.0. The van der Waals surface area contributed by atoms with Crippen molar-refractivity contribution in [3.63, 3.8) is 0 Å². The smallest absolute Gasteiger partial charge is 0.375 e. The van der Waals surface area contributed by atoms with E-state index < -0.39 is 34.3 Å². The highest BCUT2D eigenvalue weighted by Crippen LogP contribution is 2.24. The van der Waals surface area contributed by atoms with Gasteiger partial charge in [-0.3, -0.25) is 4.79 Å². The van der Waals surface area contributed by atoms with Gasteiger partial charge >= 0.3 is 11.9 Å². The lowest BCUT2D eigenvalue weighted by atomic mass is 10.1. The molecule has 0 saturated carbocycles.